The third-order valence-corrected chi connectivity index (χ3v) is 5.93. The molecule has 0 saturated carbocycles. The summed E-state index contributed by atoms with van der Waals surface area (Å²) in [5.41, 5.74) is 0.271. The maximum atomic E-state index is 11.8. The molecule has 0 amide bonds. The topological polar surface area (TPSA) is 62.7 Å². The van der Waals surface area contributed by atoms with Crippen molar-refractivity contribution in [2.24, 2.45) is 5.41 Å². The zero-order valence-electron chi connectivity index (χ0n) is 15.0. The number of para-hydroxylation sites is 1. The van der Waals surface area contributed by atoms with Gasteiger partial charge >= 0.3 is 5.97 Å². The van der Waals surface area contributed by atoms with Crippen LogP contribution >= 0.6 is 11.3 Å². The van der Waals surface area contributed by atoms with Crippen molar-refractivity contribution in [2.75, 3.05) is 20.2 Å². The first kappa shape index (κ1) is 18.6. The van der Waals surface area contributed by atoms with E-state index in [1.54, 1.807) is 24.5 Å². The lowest BCUT2D eigenvalue weighted by Crippen LogP contribution is -2.47. The highest BCUT2D eigenvalue weighted by atomic mass is 32.1. The minimum Gasteiger partial charge on any atom is -0.496 e. The molecular formula is C20H24N2O3S. The Bertz CT molecular complexity index is 789. The summed E-state index contributed by atoms with van der Waals surface area (Å²) in [4.78, 5) is 19.7. The Morgan fingerprint density at radius 1 is 1.50 bits per heavy atom. The van der Waals surface area contributed by atoms with Gasteiger partial charge in [-0.25, -0.2) is 4.98 Å². The Kier molecular flexibility index (Phi) is 5.74. The predicted octanol–water partition coefficient (Wildman–Crippen LogP) is 4.06. The number of methoxy groups -OCH3 is 1. The number of hydrogen-bond acceptors (Lipinski definition) is 5. The number of nitrogens with zero attached hydrogens (tertiary/aromatic N) is 2. The van der Waals surface area contributed by atoms with Crippen LogP contribution in [0.5, 0.6) is 5.75 Å². The fourth-order valence-electron chi connectivity index (χ4n) is 3.61. The second-order valence-corrected chi connectivity index (χ2v) is 7.84. The molecule has 138 valence electrons. The maximum Gasteiger partial charge on any atom is 0.311 e. The highest BCUT2D eigenvalue weighted by Crippen LogP contribution is 2.36. The Labute approximate surface area is 157 Å². The molecule has 1 aromatic carbocycles. The molecule has 26 heavy (non-hydrogen) atoms. The van der Waals surface area contributed by atoms with E-state index in [4.69, 9.17) is 4.74 Å². The van der Waals surface area contributed by atoms with Gasteiger partial charge in [0.05, 0.1) is 18.1 Å². The van der Waals surface area contributed by atoms with Gasteiger partial charge in [-0.3, -0.25) is 9.69 Å². The third kappa shape index (κ3) is 3.81. The number of carboxylic acid groups (broad SMARTS) is 1. The molecule has 5 nitrogen and oxygen atoms in total. The summed E-state index contributed by atoms with van der Waals surface area (Å²) in [6.07, 6.45) is 5.72. The van der Waals surface area contributed by atoms with Crippen molar-refractivity contribution in [3.63, 3.8) is 0 Å². The van der Waals surface area contributed by atoms with Crippen LogP contribution in [0.25, 0.3) is 10.6 Å². The number of benzene rings is 1. The van der Waals surface area contributed by atoms with Crippen LogP contribution in [0.15, 0.2) is 43.1 Å². The Hall–Kier alpha value is -2.18. The minimum absolute atomic E-state index is 0.508. The zero-order valence-corrected chi connectivity index (χ0v) is 15.8. The largest absolute Gasteiger partial charge is 0.496 e. The van der Waals surface area contributed by atoms with Gasteiger partial charge in [-0.05, 0) is 37.9 Å². The molecule has 1 saturated heterocycles. The lowest BCUT2D eigenvalue weighted by molar-refractivity contribution is -0.152. The molecule has 2 aromatic rings. The summed E-state index contributed by atoms with van der Waals surface area (Å²) in [5, 5.41) is 10.6. The molecule has 6 heteroatoms. The van der Waals surface area contributed by atoms with E-state index in [1.807, 2.05) is 30.5 Å². The van der Waals surface area contributed by atoms with Crippen molar-refractivity contribution >= 4 is 17.3 Å². The molecule has 2 heterocycles. The highest BCUT2D eigenvalue weighted by Gasteiger charge is 2.41. The van der Waals surface area contributed by atoms with Crippen LogP contribution in [0.2, 0.25) is 0 Å². The quantitative estimate of drug-likeness (QED) is 0.743. The van der Waals surface area contributed by atoms with Crippen molar-refractivity contribution < 1.29 is 14.6 Å². The number of likely N-dealkylation sites (tertiary alicyclic amines) is 1. The van der Waals surface area contributed by atoms with E-state index in [1.165, 1.54) is 0 Å². The van der Waals surface area contributed by atoms with Crippen molar-refractivity contribution in [1.82, 2.24) is 9.88 Å². The molecule has 0 aliphatic carbocycles. The first-order valence-electron chi connectivity index (χ1n) is 8.73. The number of aliphatic carboxylic acids is 1. The van der Waals surface area contributed by atoms with E-state index in [9.17, 15) is 9.90 Å². The van der Waals surface area contributed by atoms with Crippen LogP contribution in [0.1, 0.15) is 24.1 Å². The van der Waals surface area contributed by atoms with Crippen LogP contribution in [0, 0.1) is 5.41 Å². The van der Waals surface area contributed by atoms with Gasteiger partial charge in [0.1, 0.15) is 10.8 Å². The van der Waals surface area contributed by atoms with Gasteiger partial charge in [0.25, 0.3) is 0 Å². The molecule has 0 unspecified atom stereocenters. The second kappa shape index (κ2) is 8.01. The van der Waals surface area contributed by atoms with Gasteiger partial charge in [0, 0.05) is 24.2 Å². The molecular weight excluding hydrogens is 348 g/mol. The van der Waals surface area contributed by atoms with Gasteiger partial charge in [0.2, 0.25) is 0 Å². The van der Waals surface area contributed by atoms with Crippen LogP contribution in [-0.2, 0) is 11.3 Å². The van der Waals surface area contributed by atoms with Crippen LogP contribution in [0.4, 0.5) is 0 Å². The average molecular weight is 372 g/mol. The average Bonchev–Trinajstić information content (AvgIpc) is 3.10. The number of allylic oxidation sites excluding steroid dienone is 1. The Morgan fingerprint density at radius 2 is 2.31 bits per heavy atom. The third-order valence-electron chi connectivity index (χ3n) is 4.92. The summed E-state index contributed by atoms with van der Waals surface area (Å²) < 4.78 is 5.42. The van der Waals surface area contributed by atoms with E-state index in [2.05, 4.69) is 16.5 Å². The molecule has 0 spiro atoms. The Balaban J connectivity index is 1.75. The van der Waals surface area contributed by atoms with E-state index < -0.39 is 11.4 Å². The smallest absolute Gasteiger partial charge is 0.311 e. The number of aromatic nitrogens is 1. The SMILES string of the molecule is C=CC[C@@]1(C(=O)O)CCCN(Cc2cnc(-c3ccccc3OC)s2)C1. The van der Waals surface area contributed by atoms with Crippen LogP contribution < -0.4 is 4.74 Å². The summed E-state index contributed by atoms with van der Waals surface area (Å²) in [6, 6.07) is 7.84. The minimum atomic E-state index is -0.721. The van der Waals surface area contributed by atoms with E-state index in [0.717, 1.165) is 40.7 Å². The lowest BCUT2D eigenvalue weighted by Gasteiger charge is -2.39. The van der Waals surface area contributed by atoms with Crippen LogP contribution in [-0.4, -0.2) is 41.2 Å². The predicted molar refractivity (Wildman–Crippen MR) is 103 cm³/mol. The van der Waals surface area contributed by atoms with Crippen molar-refractivity contribution in [3.05, 3.63) is 48.0 Å². The zero-order chi connectivity index (χ0) is 18.6. The van der Waals surface area contributed by atoms with Gasteiger partial charge < -0.3 is 9.84 Å². The van der Waals surface area contributed by atoms with Crippen molar-refractivity contribution in [2.45, 2.75) is 25.8 Å². The fourth-order valence-corrected chi connectivity index (χ4v) is 4.60. The monoisotopic (exact) mass is 372 g/mol. The molecule has 1 fully saturated rings. The summed E-state index contributed by atoms with van der Waals surface area (Å²) in [5.74, 6) is 0.0864. The number of hydrogen-bond donors (Lipinski definition) is 1. The van der Waals surface area contributed by atoms with Crippen molar-refractivity contribution in [3.8, 4) is 16.3 Å². The maximum absolute atomic E-state index is 11.8. The fraction of sp³-hybridized carbons (Fsp3) is 0.400. The van der Waals surface area contributed by atoms with E-state index in [0.29, 0.717) is 19.4 Å². The first-order valence-corrected chi connectivity index (χ1v) is 9.54. The molecule has 3 rings (SSSR count). The number of thiazole rings is 1. The number of carboxylic acids is 1. The molecule has 1 aliphatic heterocycles. The second-order valence-electron chi connectivity index (χ2n) is 6.72. The number of rotatable bonds is 7. The van der Waals surface area contributed by atoms with Gasteiger partial charge in [0.15, 0.2) is 0 Å². The highest BCUT2D eigenvalue weighted by molar-refractivity contribution is 7.15. The van der Waals surface area contributed by atoms with E-state index in [-0.39, 0.29) is 0 Å². The summed E-state index contributed by atoms with van der Waals surface area (Å²) in [6.45, 7) is 5.93. The number of carbonyl (C=O) groups is 1. The van der Waals surface area contributed by atoms with Gasteiger partial charge in [-0.2, -0.15) is 0 Å². The molecule has 1 aliphatic rings. The van der Waals surface area contributed by atoms with Gasteiger partial charge in [-0.1, -0.05) is 18.2 Å². The first-order chi connectivity index (χ1) is 12.6. The van der Waals surface area contributed by atoms with Crippen molar-refractivity contribution in [1.29, 1.82) is 0 Å². The van der Waals surface area contributed by atoms with E-state index >= 15 is 0 Å². The van der Waals surface area contributed by atoms with Gasteiger partial charge in [-0.15, -0.1) is 17.9 Å². The van der Waals surface area contributed by atoms with Crippen LogP contribution in [0.3, 0.4) is 0 Å². The lowest BCUT2D eigenvalue weighted by atomic mass is 9.77. The molecule has 1 N–H and O–H groups in total. The Morgan fingerprint density at radius 3 is 3.04 bits per heavy atom. The number of piperidine rings is 1. The number of ether oxygens (including phenoxy) is 1. The molecule has 1 aromatic heterocycles. The normalized spacial score (nSPS) is 20.7. The summed E-state index contributed by atoms with van der Waals surface area (Å²) >= 11 is 1.63. The summed E-state index contributed by atoms with van der Waals surface area (Å²) in [7, 11) is 1.66. The molecule has 1 atom stereocenters. The molecule has 0 radical (unpaired) electrons. The standard InChI is InChI=1S/C20H24N2O3S/c1-3-9-20(19(23)24)10-6-11-22(14-20)13-15-12-21-18(26-15)16-7-4-5-8-17(16)25-2/h3-5,7-8,12H,1,6,9-11,13-14H2,2H3,(H,23,24)/t20-/m1/s1. The molecule has 0 bridgehead atoms.